The third-order valence-corrected chi connectivity index (χ3v) is 3.52. The summed E-state index contributed by atoms with van der Waals surface area (Å²) in [5.41, 5.74) is 1.28. The second-order valence-corrected chi connectivity index (χ2v) is 4.95. The third kappa shape index (κ3) is 4.17. The minimum absolute atomic E-state index is 0.884. The molecular formula is C10H19NS. The Morgan fingerprint density at radius 1 is 1.67 bits per heavy atom. The van der Waals surface area contributed by atoms with E-state index in [-0.39, 0.29) is 0 Å². The van der Waals surface area contributed by atoms with Crippen LogP contribution in [-0.2, 0) is 0 Å². The molecule has 1 saturated heterocycles. The summed E-state index contributed by atoms with van der Waals surface area (Å²) >= 11 is 2.12. The zero-order chi connectivity index (χ0) is 8.81. The summed E-state index contributed by atoms with van der Waals surface area (Å²) in [7, 11) is 0. The zero-order valence-electron chi connectivity index (χ0n) is 7.94. The van der Waals surface area contributed by atoms with E-state index >= 15 is 0 Å². The normalized spacial score (nSPS) is 22.9. The monoisotopic (exact) mass is 185 g/mol. The van der Waals surface area contributed by atoms with Gasteiger partial charge < -0.3 is 5.32 Å². The van der Waals surface area contributed by atoms with Crippen molar-refractivity contribution in [1.29, 1.82) is 0 Å². The Morgan fingerprint density at radius 2 is 2.50 bits per heavy atom. The molecule has 1 atom stereocenters. The molecule has 0 aliphatic carbocycles. The molecule has 1 nitrogen and oxygen atoms in total. The van der Waals surface area contributed by atoms with E-state index in [9.17, 15) is 0 Å². The molecule has 1 heterocycles. The van der Waals surface area contributed by atoms with Gasteiger partial charge in [0, 0.05) is 11.8 Å². The summed E-state index contributed by atoms with van der Waals surface area (Å²) in [6, 6.07) is 0. The molecule has 12 heavy (non-hydrogen) atoms. The van der Waals surface area contributed by atoms with Gasteiger partial charge in [0.05, 0.1) is 0 Å². The Bertz CT molecular complexity index is 139. The first-order chi connectivity index (χ1) is 5.79. The van der Waals surface area contributed by atoms with E-state index in [1.54, 1.807) is 0 Å². The highest BCUT2D eigenvalue weighted by molar-refractivity contribution is 8.00. The van der Waals surface area contributed by atoms with E-state index in [4.69, 9.17) is 0 Å². The zero-order valence-corrected chi connectivity index (χ0v) is 8.75. The van der Waals surface area contributed by atoms with Gasteiger partial charge in [-0.25, -0.2) is 0 Å². The molecule has 2 heteroatoms. The first-order valence-corrected chi connectivity index (χ1v) is 5.80. The molecule has 70 valence electrons. The smallest absolute Gasteiger partial charge is 0.0172 e. The topological polar surface area (TPSA) is 12.0 Å². The fourth-order valence-electron chi connectivity index (χ4n) is 1.37. The Balaban J connectivity index is 1.91. The Labute approximate surface area is 80.0 Å². The van der Waals surface area contributed by atoms with E-state index < -0.39 is 0 Å². The number of thioether (sulfide) groups is 1. The Hall–Kier alpha value is 0.0500. The second kappa shape index (κ2) is 5.65. The highest BCUT2D eigenvalue weighted by Crippen LogP contribution is 2.25. The lowest BCUT2D eigenvalue weighted by molar-refractivity contribution is 0.643. The highest BCUT2D eigenvalue weighted by Gasteiger charge is 2.14. The molecule has 0 aromatic heterocycles. The van der Waals surface area contributed by atoms with Crippen LogP contribution in [0.4, 0.5) is 0 Å². The van der Waals surface area contributed by atoms with Crippen molar-refractivity contribution < 1.29 is 0 Å². The van der Waals surface area contributed by atoms with Gasteiger partial charge in [-0.1, -0.05) is 5.57 Å². The molecule has 0 bridgehead atoms. The molecule has 1 fully saturated rings. The molecule has 1 aliphatic rings. The molecule has 0 aromatic rings. The van der Waals surface area contributed by atoms with Crippen molar-refractivity contribution >= 4 is 11.8 Å². The van der Waals surface area contributed by atoms with E-state index in [2.05, 4.69) is 30.6 Å². The summed E-state index contributed by atoms with van der Waals surface area (Å²) in [6.45, 7) is 8.26. The van der Waals surface area contributed by atoms with Crippen LogP contribution < -0.4 is 5.32 Å². The van der Waals surface area contributed by atoms with Crippen LogP contribution in [0.25, 0.3) is 0 Å². The maximum absolute atomic E-state index is 3.88. The van der Waals surface area contributed by atoms with Crippen LogP contribution in [0.2, 0.25) is 0 Å². The van der Waals surface area contributed by atoms with Crippen LogP contribution in [0, 0.1) is 0 Å². The molecule has 0 spiro atoms. The average Bonchev–Trinajstić information content (AvgIpc) is 2.49. The first-order valence-electron chi connectivity index (χ1n) is 4.76. The molecule has 0 amide bonds. The van der Waals surface area contributed by atoms with Crippen LogP contribution in [-0.4, -0.2) is 24.1 Å². The van der Waals surface area contributed by atoms with Crippen LogP contribution in [0.15, 0.2) is 12.2 Å². The first kappa shape index (κ1) is 10.1. The van der Waals surface area contributed by atoms with E-state index in [0.717, 1.165) is 18.2 Å². The van der Waals surface area contributed by atoms with E-state index in [0.29, 0.717) is 0 Å². The quantitative estimate of drug-likeness (QED) is 0.521. The standard InChI is InChI=1S/C10H19NS/c1-9(2)5-6-11-8-10-4-3-7-12-10/h10-11H,1,3-8H2,2H3. The highest BCUT2D eigenvalue weighted by atomic mass is 32.2. The van der Waals surface area contributed by atoms with Crippen LogP contribution in [0.5, 0.6) is 0 Å². The fourth-order valence-corrected chi connectivity index (χ4v) is 2.61. The van der Waals surface area contributed by atoms with E-state index in [1.807, 2.05) is 0 Å². The second-order valence-electron chi connectivity index (χ2n) is 3.55. The van der Waals surface area contributed by atoms with Gasteiger partial charge in [0.2, 0.25) is 0 Å². The fraction of sp³-hybridized carbons (Fsp3) is 0.800. The predicted octanol–water partition coefficient (Wildman–Crippen LogP) is 2.44. The Kier molecular flexibility index (Phi) is 4.77. The van der Waals surface area contributed by atoms with Gasteiger partial charge in [-0.05, 0) is 38.5 Å². The third-order valence-electron chi connectivity index (χ3n) is 2.12. The maximum atomic E-state index is 3.88. The summed E-state index contributed by atoms with van der Waals surface area (Å²) in [6.07, 6.45) is 3.94. The van der Waals surface area contributed by atoms with Crippen molar-refractivity contribution in [1.82, 2.24) is 5.32 Å². The number of hydrogen-bond acceptors (Lipinski definition) is 2. The summed E-state index contributed by atoms with van der Waals surface area (Å²) in [5.74, 6) is 1.37. The minimum Gasteiger partial charge on any atom is -0.315 e. The maximum Gasteiger partial charge on any atom is 0.0172 e. The van der Waals surface area contributed by atoms with Gasteiger partial charge in [-0.15, -0.1) is 6.58 Å². The molecular weight excluding hydrogens is 166 g/mol. The largest absolute Gasteiger partial charge is 0.315 e. The SMILES string of the molecule is C=C(C)CCNCC1CCCS1. The van der Waals surface area contributed by atoms with Crippen molar-refractivity contribution in [2.24, 2.45) is 0 Å². The number of hydrogen-bond donors (Lipinski definition) is 1. The van der Waals surface area contributed by atoms with Crippen LogP contribution >= 0.6 is 11.8 Å². The average molecular weight is 185 g/mol. The number of nitrogens with one attached hydrogen (secondary N) is 1. The molecule has 0 saturated carbocycles. The lowest BCUT2D eigenvalue weighted by Crippen LogP contribution is -2.24. The van der Waals surface area contributed by atoms with Gasteiger partial charge in [-0.3, -0.25) is 0 Å². The van der Waals surface area contributed by atoms with Crippen molar-refractivity contribution in [3.63, 3.8) is 0 Å². The van der Waals surface area contributed by atoms with Crippen molar-refractivity contribution in [3.05, 3.63) is 12.2 Å². The molecule has 1 rings (SSSR count). The van der Waals surface area contributed by atoms with Gasteiger partial charge in [0.1, 0.15) is 0 Å². The van der Waals surface area contributed by atoms with Crippen molar-refractivity contribution in [3.8, 4) is 0 Å². The van der Waals surface area contributed by atoms with Crippen LogP contribution in [0.3, 0.4) is 0 Å². The summed E-state index contributed by atoms with van der Waals surface area (Å²) in [5, 5.41) is 4.36. The molecule has 1 aliphatic heterocycles. The van der Waals surface area contributed by atoms with Crippen molar-refractivity contribution in [2.45, 2.75) is 31.4 Å². The van der Waals surface area contributed by atoms with Gasteiger partial charge in [0.15, 0.2) is 0 Å². The Morgan fingerprint density at radius 3 is 3.08 bits per heavy atom. The molecule has 1 unspecified atom stereocenters. The van der Waals surface area contributed by atoms with Gasteiger partial charge in [-0.2, -0.15) is 11.8 Å². The lowest BCUT2D eigenvalue weighted by atomic mass is 10.2. The van der Waals surface area contributed by atoms with Crippen molar-refractivity contribution in [2.75, 3.05) is 18.8 Å². The lowest BCUT2D eigenvalue weighted by Gasteiger charge is -2.09. The minimum atomic E-state index is 0.884. The predicted molar refractivity (Wildman–Crippen MR) is 57.8 cm³/mol. The van der Waals surface area contributed by atoms with Gasteiger partial charge >= 0.3 is 0 Å². The van der Waals surface area contributed by atoms with Crippen LogP contribution in [0.1, 0.15) is 26.2 Å². The molecule has 1 N–H and O–H groups in total. The molecule has 0 radical (unpaired) electrons. The van der Waals surface area contributed by atoms with E-state index in [1.165, 1.54) is 30.7 Å². The molecule has 0 aromatic carbocycles. The summed E-state index contributed by atoms with van der Waals surface area (Å²) in [4.78, 5) is 0. The number of rotatable bonds is 5. The van der Waals surface area contributed by atoms with Gasteiger partial charge in [0.25, 0.3) is 0 Å². The summed E-state index contributed by atoms with van der Waals surface area (Å²) < 4.78 is 0.